The number of allylic oxidation sites excluding steroid dienone is 2. The first-order chi connectivity index (χ1) is 17.5. The van der Waals surface area contributed by atoms with Gasteiger partial charge in [0, 0.05) is 49.4 Å². The van der Waals surface area contributed by atoms with Crippen molar-refractivity contribution in [1.29, 1.82) is 0 Å². The summed E-state index contributed by atoms with van der Waals surface area (Å²) >= 11 is 1.98. The van der Waals surface area contributed by atoms with E-state index in [9.17, 15) is 9.90 Å². The van der Waals surface area contributed by atoms with Crippen LogP contribution in [0.4, 0.5) is 0 Å². The molecule has 4 atom stereocenters. The van der Waals surface area contributed by atoms with Crippen molar-refractivity contribution in [3.63, 3.8) is 0 Å². The third-order valence-corrected chi connectivity index (χ3v) is 8.36. The number of carboxylic acid groups (broad SMARTS) is 1. The number of hydrogen-bond acceptors (Lipinski definition) is 5. The van der Waals surface area contributed by atoms with Gasteiger partial charge in [-0.1, -0.05) is 66.2 Å². The normalized spacial score (nSPS) is 24.9. The smallest absolute Gasteiger partial charge is 0.303 e. The molecule has 2 aliphatic rings. The van der Waals surface area contributed by atoms with Crippen molar-refractivity contribution in [2.24, 2.45) is 5.92 Å². The Balaban J connectivity index is 1.38. The molecule has 1 aliphatic carbocycles. The summed E-state index contributed by atoms with van der Waals surface area (Å²) < 4.78 is 6.47. The summed E-state index contributed by atoms with van der Waals surface area (Å²) in [5, 5.41) is 19.9. The molecule has 2 N–H and O–H groups in total. The van der Waals surface area contributed by atoms with Gasteiger partial charge >= 0.3 is 5.97 Å². The van der Waals surface area contributed by atoms with Crippen LogP contribution in [0.2, 0.25) is 0 Å². The van der Waals surface area contributed by atoms with Gasteiger partial charge in [0.1, 0.15) is 0 Å². The lowest BCUT2D eigenvalue weighted by atomic mass is 9.93. The number of nitrogens with zero attached hydrogens (tertiary/aromatic N) is 1. The number of aliphatic carboxylic acids is 1. The van der Waals surface area contributed by atoms with Gasteiger partial charge in [-0.3, -0.25) is 9.69 Å². The molecule has 36 heavy (non-hydrogen) atoms. The first-order valence-corrected chi connectivity index (χ1v) is 14.3. The minimum atomic E-state index is -0.762. The number of ether oxygens (including phenoxy) is 1. The zero-order valence-electron chi connectivity index (χ0n) is 21.2. The van der Waals surface area contributed by atoms with Crippen LogP contribution < -0.4 is 0 Å². The van der Waals surface area contributed by atoms with Gasteiger partial charge in [0.05, 0.1) is 18.8 Å². The minimum absolute atomic E-state index is 0.0174. The van der Waals surface area contributed by atoms with Gasteiger partial charge in [0.2, 0.25) is 0 Å². The fourth-order valence-corrected chi connectivity index (χ4v) is 6.40. The molecule has 0 aromatic heterocycles. The van der Waals surface area contributed by atoms with Crippen molar-refractivity contribution in [3.8, 4) is 11.1 Å². The fraction of sp³-hybridized carbons (Fsp3) is 0.500. The van der Waals surface area contributed by atoms with Crippen LogP contribution in [0.25, 0.3) is 11.1 Å². The molecule has 0 spiro atoms. The number of aryl methyl sites for hydroxylation is 1. The van der Waals surface area contributed by atoms with E-state index in [2.05, 4.69) is 66.4 Å². The maximum absolute atomic E-state index is 11.1. The van der Waals surface area contributed by atoms with Crippen LogP contribution in [0, 0.1) is 12.8 Å². The van der Waals surface area contributed by atoms with E-state index in [1.54, 1.807) is 0 Å². The standard InChI is InChI=1S/C30H39NO4S/c1-22-8-12-24(13-9-22)25-14-10-23(11-15-25)21-35-28-20-27(32)30(31-16-18-36-19-17-31)26(28)6-4-2-3-5-7-29(33)34/h2-3,8-15,26-28,30,32H,4-7,16-21H2,1H3,(H,33,34)/b3-2-/t26-,27+,28-,30+/m0/s1. The van der Waals surface area contributed by atoms with Crippen molar-refractivity contribution in [3.05, 3.63) is 71.8 Å². The second-order valence-electron chi connectivity index (χ2n) is 10.00. The second kappa shape index (κ2) is 13.4. The zero-order chi connectivity index (χ0) is 25.3. The van der Waals surface area contributed by atoms with Crippen LogP contribution >= 0.6 is 11.8 Å². The van der Waals surface area contributed by atoms with Gasteiger partial charge in [-0.05, 0) is 42.9 Å². The lowest BCUT2D eigenvalue weighted by Gasteiger charge is -2.37. The highest BCUT2D eigenvalue weighted by molar-refractivity contribution is 7.99. The molecular weight excluding hydrogens is 470 g/mol. The van der Waals surface area contributed by atoms with Gasteiger partial charge in [-0.2, -0.15) is 11.8 Å². The van der Waals surface area contributed by atoms with E-state index in [0.29, 0.717) is 19.4 Å². The van der Waals surface area contributed by atoms with E-state index in [1.165, 1.54) is 16.7 Å². The summed E-state index contributed by atoms with van der Waals surface area (Å²) in [6.07, 6.45) is 6.92. The summed E-state index contributed by atoms with van der Waals surface area (Å²) in [5.41, 5.74) is 4.82. The van der Waals surface area contributed by atoms with E-state index in [0.717, 1.165) is 43.0 Å². The van der Waals surface area contributed by atoms with E-state index in [-0.39, 0.29) is 30.6 Å². The number of thioether (sulfide) groups is 1. The number of carboxylic acids is 1. The lowest BCUT2D eigenvalue weighted by molar-refractivity contribution is -0.136. The van der Waals surface area contributed by atoms with Crippen molar-refractivity contribution in [2.75, 3.05) is 24.6 Å². The Morgan fingerprint density at radius 1 is 1.03 bits per heavy atom. The lowest BCUT2D eigenvalue weighted by Crippen LogP contribution is -2.48. The predicted octanol–water partition coefficient (Wildman–Crippen LogP) is 5.55. The van der Waals surface area contributed by atoms with Crippen molar-refractivity contribution >= 4 is 17.7 Å². The molecule has 2 aromatic rings. The Morgan fingerprint density at radius 3 is 2.33 bits per heavy atom. The first kappa shape index (κ1) is 26.9. The largest absolute Gasteiger partial charge is 0.481 e. The van der Waals surface area contributed by atoms with Crippen LogP contribution in [0.3, 0.4) is 0 Å². The molecule has 1 saturated heterocycles. The Hall–Kier alpha value is -2.12. The first-order valence-electron chi connectivity index (χ1n) is 13.2. The molecule has 1 saturated carbocycles. The zero-order valence-corrected chi connectivity index (χ0v) is 22.0. The third-order valence-electron chi connectivity index (χ3n) is 7.41. The summed E-state index contributed by atoms with van der Waals surface area (Å²) in [5.74, 6) is 1.73. The highest BCUT2D eigenvalue weighted by Gasteiger charge is 2.45. The maximum Gasteiger partial charge on any atom is 0.303 e. The quantitative estimate of drug-likeness (QED) is 0.387. The number of aliphatic hydroxyl groups is 1. The Kier molecular flexibility index (Phi) is 10.0. The molecule has 5 nitrogen and oxygen atoms in total. The number of rotatable bonds is 11. The van der Waals surface area contributed by atoms with Crippen LogP contribution in [-0.2, 0) is 16.1 Å². The number of benzene rings is 2. The van der Waals surface area contributed by atoms with E-state index < -0.39 is 5.97 Å². The van der Waals surface area contributed by atoms with E-state index >= 15 is 0 Å². The Bertz CT molecular complexity index is 985. The molecule has 2 fully saturated rings. The topological polar surface area (TPSA) is 70.0 Å². The Labute approximate surface area is 219 Å². The monoisotopic (exact) mass is 509 g/mol. The molecule has 0 amide bonds. The van der Waals surface area contributed by atoms with Gasteiger partial charge in [-0.25, -0.2) is 0 Å². The minimum Gasteiger partial charge on any atom is -0.481 e. The molecule has 0 radical (unpaired) electrons. The maximum atomic E-state index is 11.1. The third kappa shape index (κ3) is 7.45. The number of carbonyl (C=O) groups is 1. The SMILES string of the molecule is Cc1ccc(-c2ccc(CO[C@H]3C[C@@H](O)[C@H](N4CCSCC4)[C@H]3CC/C=C\CCC(=O)O)cc2)cc1. The van der Waals surface area contributed by atoms with Crippen molar-refractivity contribution in [2.45, 2.75) is 63.9 Å². The van der Waals surface area contributed by atoms with Gasteiger partial charge < -0.3 is 14.9 Å². The summed E-state index contributed by atoms with van der Waals surface area (Å²) in [6.45, 7) is 4.68. The van der Waals surface area contributed by atoms with Gasteiger partial charge in [-0.15, -0.1) is 0 Å². The number of hydrogen-bond donors (Lipinski definition) is 2. The number of aliphatic hydroxyl groups excluding tert-OH is 1. The average molecular weight is 510 g/mol. The van der Waals surface area contributed by atoms with E-state index in [4.69, 9.17) is 9.84 Å². The molecule has 2 aromatic carbocycles. The van der Waals surface area contributed by atoms with Crippen molar-refractivity contribution < 1.29 is 19.7 Å². The summed E-state index contributed by atoms with van der Waals surface area (Å²) in [6, 6.07) is 17.3. The summed E-state index contributed by atoms with van der Waals surface area (Å²) in [4.78, 5) is 13.2. The molecule has 194 valence electrons. The highest BCUT2D eigenvalue weighted by Crippen LogP contribution is 2.37. The Morgan fingerprint density at radius 2 is 1.67 bits per heavy atom. The van der Waals surface area contributed by atoms with Crippen molar-refractivity contribution in [1.82, 2.24) is 4.90 Å². The fourth-order valence-electron chi connectivity index (χ4n) is 5.47. The van der Waals surface area contributed by atoms with Crippen LogP contribution in [0.1, 0.15) is 43.2 Å². The highest BCUT2D eigenvalue weighted by atomic mass is 32.2. The second-order valence-corrected chi connectivity index (χ2v) is 11.2. The molecular formula is C30H39NO4S. The predicted molar refractivity (Wildman–Crippen MR) is 147 cm³/mol. The van der Waals surface area contributed by atoms with Gasteiger partial charge in [0.15, 0.2) is 0 Å². The van der Waals surface area contributed by atoms with Crippen LogP contribution in [0.15, 0.2) is 60.7 Å². The molecule has 1 aliphatic heterocycles. The molecule has 0 unspecified atom stereocenters. The molecule has 1 heterocycles. The molecule has 0 bridgehead atoms. The van der Waals surface area contributed by atoms with E-state index in [1.807, 2.05) is 17.8 Å². The molecule has 6 heteroatoms. The summed E-state index contributed by atoms with van der Waals surface area (Å²) in [7, 11) is 0. The van der Waals surface area contributed by atoms with Gasteiger partial charge in [0.25, 0.3) is 0 Å². The van der Waals surface area contributed by atoms with Crippen LogP contribution in [-0.4, -0.2) is 63.9 Å². The average Bonchev–Trinajstić information content (AvgIpc) is 3.20. The van der Waals surface area contributed by atoms with Crippen LogP contribution in [0.5, 0.6) is 0 Å². The molecule has 4 rings (SSSR count).